The Labute approximate surface area is 121 Å². The first-order valence-electron chi connectivity index (χ1n) is 7.50. The summed E-state index contributed by atoms with van der Waals surface area (Å²) >= 11 is 0. The van der Waals surface area contributed by atoms with Gasteiger partial charge >= 0.3 is 6.01 Å². The number of nitrogens with zero attached hydrogens (tertiary/aromatic N) is 3. The first kappa shape index (κ1) is 16.5. The first-order valence-corrected chi connectivity index (χ1v) is 7.50. The van der Waals surface area contributed by atoms with Crippen molar-refractivity contribution in [2.75, 3.05) is 24.3 Å². The summed E-state index contributed by atoms with van der Waals surface area (Å²) in [5, 5.41) is 6.38. The zero-order valence-corrected chi connectivity index (χ0v) is 13.1. The molecule has 0 bridgehead atoms. The van der Waals surface area contributed by atoms with Crippen molar-refractivity contribution >= 4 is 11.9 Å². The number of nitrogens with one attached hydrogen (secondary N) is 2. The number of rotatable bonds is 10. The summed E-state index contributed by atoms with van der Waals surface area (Å²) in [5.74, 6) is 1.11. The van der Waals surface area contributed by atoms with E-state index in [1.165, 1.54) is 25.7 Å². The quantitative estimate of drug-likeness (QED) is 0.642. The van der Waals surface area contributed by atoms with Gasteiger partial charge in [0.1, 0.15) is 0 Å². The average Bonchev–Trinajstić information content (AvgIpc) is 2.43. The Morgan fingerprint density at radius 1 is 1.05 bits per heavy atom. The summed E-state index contributed by atoms with van der Waals surface area (Å²) in [7, 11) is 1.56. The molecule has 0 aliphatic heterocycles. The van der Waals surface area contributed by atoms with Gasteiger partial charge in [0.25, 0.3) is 0 Å². The lowest BCUT2D eigenvalue weighted by atomic mass is 10.1. The van der Waals surface area contributed by atoms with Gasteiger partial charge in [-0.15, -0.1) is 0 Å². The van der Waals surface area contributed by atoms with E-state index in [1.807, 2.05) is 6.92 Å². The summed E-state index contributed by atoms with van der Waals surface area (Å²) in [6.45, 7) is 7.13. The van der Waals surface area contributed by atoms with E-state index in [0.717, 1.165) is 13.0 Å². The van der Waals surface area contributed by atoms with Gasteiger partial charge in [0, 0.05) is 12.6 Å². The Bertz CT molecular complexity index is 386. The molecule has 0 spiro atoms. The van der Waals surface area contributed by atoms with Gasteiger partial charge in [-0.3, -0.25) is 0 Å². The second kappa shape index (κ2) is 9.34. The molecule has 0 saturated heterocycles. The van der Waals surface area contributed by atoms with Crippen LogP contribution in [0.4, 0.5) is 11.9 Å². The van der Waals surface area contributed by atoms with Crippen molar-refractivity contribution in [3.63, 3.8) is 0 Å². The van der Waals surface area contributed by atoms with E-state index >= 15 is 0 Å². The molecule has 0 fully saturated rings. The monoisotopic (exact) mass is 281 g/mol. The number of unbranched alkanes of at least 4 members (excludes halogenated alkanes) is 3. The molecule has 0 saturated carbocycles. The zero-order chi connectivity index (χ0) is 14.8. The number of hydrogen-bond acceptors (Lipinski definition) is 6. The van der Waals surface area contributed by atoms with Crippen LogP contribution < -0.4 is 15.4 Å². The van der Waals surface area contributed by atoms with Gasteiger partial charge in [-0.05, 0) is 20.3 Å². The molecule has 1 aromatic rings. The van der Waals surface area contributed by atoms with Crippen molar-refractivity contribution in [2.45, 2.75) is 58.9 Å². The number of ether oxygens (including phenoxy) is 1. The van der Waals surface area contributed by atoms with E-state index in [0.29, 0.717) is 23.9 Å². The largest absolute Gasteiger partial charge is 0.467 e. The highest BCUT2D eigenvalue weighted by Gasteiger charge is 2.09. The highest BCUT2D eigenvalue weighted by atomic mass is 16.5. The van der Waals surface area contributed by atoms with Crippen LogP contribution in [0.25, 0.3) is 0 Å². The molecule has 0 amide bonds. The van der Waals surface area contributed by atoms with Crippen LogP contribution in [0.3, 0.4) is 0 Å². The fraction of sp³-hybridized carbons (Fsp3) is 0.786. The third kappa shape index (κ3) is 6.04. The van der Waals surface area contributed by atoms with E-state index in [9.17, 15) is 0 Å². The molecular formula is C14H27N5O. The molecule has 6 nitrogen and oxygen atoms in total. The SMILES string of the molecule is CCCCCCC(C)Nc1nc(NCC)nc(OC)n1. The topological polar surface area (TPSA) is 72.0 Å². The second-order valence-corrected chi connectivity index (χ2v) is 4.89. The van der Waals surface area contributed by atoms with Crippen molar-refractivity contribution in [1.82, 2.24) is 15.0 Å². The number of anilines is 2. The van der Waals surface area contributed by atoms with E-state index in [1.54, 1.807) is 7.11 Å². The van der Waals surface area contributed by atoms with Gasteiger partial charge in [0.2, 0.25) is 11.9 Å². The van der Waals surface area contributed by atoms with Gasteiger partial charge in [-0.25, -0.2) is 0 Å². The fourth-order valence-electron chi connectivity index (χ4n) is 1.92. The van der Waals surface area contributed by atoms with Crippen LogP contribution in [-0.2, 0) is 0 Å². The lowest BCUT2D eigenvalue weighted by molar-refractivity contribution is 0.379. The van der Waals surface area contributed by atoms with Crippen molar-refractivity contribution in [3.8, 4) is 6.01 Å². The molecule has 114 valence electrons. The van der Waals surface area contributed by atoms with Crippen LogP contribution in [0, 0.1) is 0 Å². The van der Waals surface area contributed by atoms with E-state index in [-0.39, 0.29) is 0 Å². The van der Waals surface area contributed by atoms with Crippen molar-refractivity contribution in [3.05, 3.63) is 0 Å². The second-order valence-electron chi connectivity index (χ2n) is 4.89. The molecular weight excluding hydrogens is 254 g/mol. The van der Waals surface area contributed by atoms with Gasteiger partial charge in [-0.1, -0.05) is 32.6 Å². The van der Waals surface area contributed by atoms with Crippen molar-refractivity contribution in [1.29, 1.82) is 0 Å². The Hall–Kier alpha value is -1.59. The zero-order valence-electron chi connectivity index (χ0n) is 13.1. The molecule has 0 aliphatic carbocycles. The lowest BCUT2D eigenvalue weighted by Gasteiger charge is -2.14. The highest BCUT2D eigenvalue weighted by molar-refractivity contribution is 5.36. The maximum Gasteiger partial charge on any atom is 0.322 e. The van der Waals surface area contributed by atoms with Crippen molar-refractivity contribution < 1.29 is 4.74 Å². The van der Waals surface area contributed by atoms with E-state index in [2.05, 4.69) is 39.4 Å². The van der Waals surface area contributed by atoms with Crippen LogP contribution in [0.5, 0.6) is 6.01 Å². The summed E-state index contributed by atoms with van der Waals surface area (Å²) in [5.41, 5.74) is 0. The molecule has 1 atom stereocenters. The van der Waals surface area contributed by atoms with Crippen molar-refractivity contribution in [2.24, 2.45) is 0 Å². The predicted molar refractivity (Wildman–Crippen MR) is 82.4 cm³/mol. The Morgan fingerprint density at radius 2 is 1.80 bits per heavy atom. The average molecular weight is 281 g/mol. The lowest BCUT2D eigenvalue weighted by Crippen LogP contribution is -2.18. The van der Waals surface area contributed by atoms with Gasteiger partial charge in [0.05, 0.1) is 7.11 Å². The highest BCUT2D eigenvalue weighted by Crippen LogP contribution is 2.13. The van der Waals surface area contributed by atoms with Crippen LogP contribution >= 0.6 is 0 Å². The minimum Gasteiger partial charge on any atom is -0.467 e. The maximum atomic E-state index is 5.09. The normalized spacial score (nSPS) is 12.0. The minimum atomic E-state index is 0.330. The number of aromatic nitrogens is 3. The smallest absolute Gasteiger partial charge is 0.322 e. The molecule has 6 heteroatoms. The molecule has 0 aromatic carbocycles. The third-order valence-corrected chi connectivity index (χ3v) is 3.00. The van der Waals surface area contributed by atoms with Gasteiger partial charge < -0.3 is 15.4 Å². The van der Waals surface area contributed by atoms with Gasteiger partial charge in [-0.2, -0.15) is 15.0 Å². The Morgan fingerprint density at radius 3 is 2.45 bits per heavy atom. The molecule has 1 rings (SSSR count). The molecule has 1 aromatic heterocycles. The molecule has 20 heavy (non-hydrogen) atoms. The fourth-order valence-corrected chi connectivity index (χ4v) is 1.92. The molecule has 1 heterocycles. The molecule has 0 radical (unpaired) electrons. The Balaban J connectivity index is 2.54. The summed E-state index contributed by atoms with van der Waals surface area (Å²) in [6, 6.07) is 0.671. The number of methoxy groups -OCH3 is 1. The third-order valence-electron chi connectivity index (χ3n) is 3.00. The van der Waals surface area contributed by atoms with Crippen LogP contribution in [0.15, 0.2) is 0 Å². The van der Waals surface area contributed by atoms with Crippen LogP contribution in [0.2, 0.25) is 0 Å². The molecule has 2 N–H and O–H groups in total. The predicted octanol–water partition coefficient (Wildman–Crippen LogP) is 3.08. The van der Waals surface area contributed by atoms with E-state index < -0.39 is 0 Å². The Kier molecular flexibility index (Phi) is 7.69. The van der Waals surface area contributed by atoms with E-state index in [4.69, 9.17) is 4.74 Å². The number of hydrogen-bond donors (Lipinski definition) is 2. The van der Waals surface area contributed by atoms with Crippen LogP contribution in [0.1, 0.15) is 52.9 Å². The minimum absolute atomic E-state index is 0.330. The van der Waals surface area contributed by atoms with Crippen LogP contribution in [-0.4, -0.2) is 34.6 Å². The maximum absolute atomic E-state index is 5.09. The molecule has 0 aliphatic rings. The summed E-state index contributed by atoms with van der Waals surface area (Å²) < 4.78 is 5.09. The standard InChI is InChI=1S/C14H27N5O/c1-5-7-8-9-10-11(3)16-13-17-12(15-6-2)18-14(19-13)20-4/h11H,5-10H2,1-4H3,(H2,15,16,17,18,19). The summed E-state index contributed by atoms with van der Waals surface area (Å²) in [6.07, 6.45) is 6.19. The van der Waals surface area contributed by atoms with Gasteiger partial charge in [0.15, 0.2) is 0 Å². The first-order chi connectivity index (χ1) is 9.69. The summed E-state index contributed by atoms with van der Waals surface area (Å²) in [4.78, 5) is 12.7. The molecule has 1 unspecified atom stereocenters.